The molecule has 3 fully saturated rings. The number of hydrogen-bond acceptors (Lipinski definition) is 8. The van der Waals surface area contributed by atoms with Crippen molar-refractivity contribution in [2.24, 2.45) is 17.3 Å². The van der Waals surface area contributed by atoms with E-state index in [4.69, 9.17) is 10.1 Å². The Morgan fingerprint density at radius 2 is 1.76 bits per heavy atom. The molecule has 2 saturated carbocycles. The van der Waals surface area contributed by atoms with Crippen LogP contribution in [0.1, 0.15) is 49.6 Å². The van der Waals surface area contributed by atoms with Crippen LogP contribution in [-0.4, -0.2) is 78.2 Å². The normalized spacial score (nSPS) is 30.7. The van der Waals surface area contributed by atoms with E-state index in [1.807, 2.05) is 18.3 Å². The molecule has 0 amide bonds. The summed E-state index contributed by atoms with van der Waals surface area (Å²) in [4.78, 5) is 14.1. The van der Waals surface area contributed by atoms with E-state index in [0.717, 1.165) is 56.0 Å². The van der Waals surface area contributed by atoms with E-state index in [9.17, 15) is 17.2 Å². The van der Waals surface area contributed by atoms with E-state index in [2.05, 4.69) is 33.7 Å². The van der Waals surface area contributed by atoms with Gasteiger partial charge in [0.25, 0.3) is 0 Å². The summed E-state index contributed by atoms with van der Waals surface area (Å²) in [5, 5.41) is 9.13. The van der Waals surface area contributed by atoms with Gasteiger partial charge in [-0.3, -0.25) is 4.90 Å². The lowest BCUT2D eigenvalue weighted by Gasteiger charge is -2.70. The summed E-state index contributed by atoms with van der Waals surface area (Å²) in [6.45, 7) is 8.06. The second kappa shape index (κ2) is 9.22. The summed E-state index contributed by atoms with van der Waals surface area (Å²) >= 11 is 0. The van der Waals surface area contributed by atoms with E-state index < -0.39 is 26.9 Å². The smallest absolute Gasteiger partial charge is 0.225 e. The predicted octanol–water partition coefficient (Wildman–Crippen LogP) is 3.83. The number of aromatic nitrogens is 4. The van der Waals surface area contributed by atoms with Crippen molar-refractivity contribution in [3.05, 3.63) is 65.1 Å². The quantitative estimate of drug-likeness (QED) is 0.435. The predicted molar refractivity (Wildman–Crippen MR) is 151 cm³/mol. The first-order valence-electron chi connectivity index (χ1n) is 14.4. The third kappa shape index (κ3) is 3.73. The number of halogens is 2. The van der Waals surface area contributed by atoms with E-state index in [-0.39, 0.29) is 28.3 Å². The van der Waals surface area contributed by atoms with Gasteiger partial charge in [0, 0.05) is 45.2 Å². The van der Waals surface area contributed by atoms with Gasteiger partial charge in [-0.15, -0.1) is 5.10 Å². The minimum absolute atomic E-state index is 0.0631. The minimum atomic E-state index is -3.00. The lowest BCUT2D eigenvalue weighted by molar-refractivity contribution is -0.169. The molecule has 41 heavy (non-hydrogen) atoms. The number of fused-ring (bicyclic) bond motifs is 3. The fourth-order valence-electron chi connectivity index (χ4n) is 8.77. The van der Waals surface area contributed by atoms with Crippen molar-refractivity contribution in [2.45, 2.75) is 38.0 Å². The first-order chi connectivity index (χ1) is 19.6. The number of sulfone groups is 1. The van der Waals surface area contributed by atoms with Crippen molar-refractivity contribution < 1.29 is 17.2 Å². The lowest BCUT2D eigenvalue weighted by atomic mass is 9.32. The van der Waals surface area contributed by atoms with Gasteiger partial charge in [-0.05, 0) is 65.8 Å². The number of hydrogen-bond donors (Lipinski definition) is 0. The van der Waals surface area contributed by atoms with Crippen LogP contribution in [0.15, 0.2) is 36.5 Å². The van der Waals surface area contributed by atoms with Crippen LogP contribution >= 0.6 is 0 Å². The van der Waals surface area contributed by atoms with Gasteiger partial charge >= 0.3 is 0 Å². The molecule has 7 rings (SSSR count). The average molecular weight is 581 g/mol. The van der Waals surface area contributed by atoms with Gasteiger partial charge in [0.2, 0.25) is 5.95 Å². The Bertz CT molecular complexity index is 1620. The van der Waals surface area contributed by atoms with Crippen LogP contribution in [0, 0.1) is 28.9 Å². The van der Waals surface area contributed by atoms with E-state index in [1.165, 1.54) is 24.5 Å². The molecule has 11 heteroatoms. The van der Waals surface area contributed by atoms with Crippen LogP contribution in [0.3, 0.4) is 0 Å². The maximum atomic E-state index is 14.7. The molecule has 4 aliphatic rings. The van der Waals surface area contributed by atoms with Crippen molar-refractivity contribution in [1.29, 1.82) is 0 Å². The lowest BCUT2D eigenvalue weighted by Crippen LogP contribution is -2.68. The van der Waals surface area contributed by atoms with Gasteiger partial charge in [0.1, 0.15) is 21.5 Å². The number of rotatable bonds is 6. The van der Waals surface area contributed by atoms with E-state index in [0.29, 0.717) is 24.3 Å². The molecule has 0 bridgehead atoms. The number of anilines is 1. The number of nitrogens with zero attached hydrogens (tertiary/aromatic N) is 6. The first-order valence-corrected chi connectivity index (χ1v) is 16.4. The van der Waals surface area contributed by atoms with E-state index in [1.54, 1.807) is 0 Å². The number of benzene rings is 1. The van der Waals surface area contributed by atoms with Gasteiger partial charge in [-0.25, -0.2) is 27.2 Å². The monoisotopic (exact) mass is 580 g/mol. The molecule has 3 unspecified atom stereocenters. The maximum Gasteiger partial charge on any atom is 0.225 e. The molecule has 3 heterocycles. The topological polar surface area (TPSA) is 92.2 Å². The summed E-state index contributed by atoms with van der Waals surface area (Å²) in [7, 11) is -3.00. The molecule has 5 atom stereocenters. The van der Waals surface area contributed by atoms with Gasteiger partial charge < -0.3 is 4.90 Å². The zero-order valence-electron chi connectivity index (χ0n) is 23.5. The zero-order chi connectivity index (χ0) is 28.7. The molecule has 3 aromatic rings. The molecule has 1 aromatic carbocycles. The van der Waals surface area contributed by atoms with Crippen molar-refractivity contribution in [1.82, 2.24) is 25.1 Å². The minimum Gasteiger partial charge on any atom is -0.338 e. The molecule has 0 N–H and O–H groups in total. The largest absolute Gasteiger partial charge is 0.338 e. The van der Waals surface area contributed by atoms with Gasteiger partial charge in [-0.1, -0.05) is 19.9 Å². The molecular weight excluding hydrogens is 546 g/mol. The molecule has 2 aromatic heterocycles. The highest BCUT2D eigenvalue weighted by Gasteiger charge is 2.80. The second-order valence-electron chi connectivity index (χ2n) is 12.5. The Morgan fingerprint density at radius 3 is 2.41 bits per heavy atom. The molecule has 216 valence electrons. The van der Waals surface area contributed by atoms with Crippen LogP contribution < -0.4 is 4.90 Å². The van der Waals surface area contributed by atoms with Gasteiger partial charge in [0.15, 0.2) is 0 Å². The third-order valence-electron chi connectivity index (χ3n) is 10.5. The van der Waals surface area contributed by atoms with Crippen molar-refractivity contribution >= 4 is 15.8 Å². The van der Waals surface area contributed by atoms with Gasteiger partial charge in [-0.2, -0.15) is 5.10 Å². The molecule has 1 saturated heterocycles. The van der Waals surface area contributed by atoms with Crippen LogP contribution in [0.2, 0.25) is 0 Å². The Labute approximate surface area is 239 Å². The summed E-state index contributed by atoms with van der Waals surface area (Å²) in [6.07, 6.45) is 4.98. The van der Waals surface area contributed by atoms with Crippen molar-refractivity contribution in [2.75, 3.05) is 49.6 Å². The van der Waals surface area contributed by atoms with Crippen LogP contribution in [0.4, 0.5) is 14.7 Å². The highest BCUT2D eigenvalue weighted by Crippen LogP contribution is 2.83. The average Bonchev–Trinajstić information content (AvgIpc) is 3.09. The third-order valence-corrected chi connectivity index (χ3v) is 11.4. The fourth-order valence-corrected chi connectivity index (χ4v) is 9.36. The highest BCUT2D eigenvalue weighted by molar-refractivity contribution is 7.90. The van der Waals surface area contributed by atoms with Crippen molar-refractivity contribution in [3.8, 4) is 11.3 Å². The maximum absolute atomic E-state index is 14.7. The molecule has 8 nitrogen and oxygen atoms in total. The van der Waals surface area contributed by atoms with Crippen molar-refractivity contribution in [3.63, 3.8) is 0 Å². The Morgan fingerprint density at radius 1 is 1.02 bits per heavy atom. The first kappa shape index (κ1) is 26.8. The summed E-state index contributed by atoms with van der Waals surface area (Å²) in [5.74, 6) is 0.661. The molecular formula is C30H34F2N6O2S. The standard InChI is InChI=1S/C30H34F2N6O2S/c1-18-15-21-20-16-24(26-22(31)5-4-6-23(26)32)35-36-27(20)29(17-19(2)30(18,21)29)25-7-8-33-28(34-25)38-11-9-37(10-12-38)13-14-41(3,39)40/h4-8,16,18-19,21H,9-15,17H2,1-3H3/t18?,19?,21-,29-,30?/m0/s1. The molecule has 3 aliphatic carbocycles. The van der Waals surface area contributed by atoms with Gasteiger partial charge in [0.05, 0.1) is 33.8 Å². The van der Waals surface area contributed by atoms with E-state index >= 15 is 0 Å². The molecule has 1 aliphatic heterocycles. The Hall–Kier alpha value is -3.05. The van der Waals surface area contributed by atoms with Crippen LogP contribution in [-0.2, 0) is 15.3 Å². The SMILES string of the molecule is CC1C[C@H]2c3cc(-c4c(F)cccc4F)nnc3[C@@]3(c4ccnc(N5CCN(CCS(C)(=O)=O)CC5)n4)CC(C)C123. The highest BCUT2D eigenvalue weighted by atomic mass is 32.2. The Balaban J connectivity index is 1.24. The molecule has 1 spiro atoms. The fraction of sp³-hybridized carbons (Fsp3) is 0.533. The zero-order valence-corrected chi connectivity index (χ0v) is 24.3. The Kier molecular flexibility index (Phi) is 6.04. The van der Waals surface area contributed by atoms with Crippen LogP contribution in [0.25, 0.3) is 11.3 Å². The number of piperazine rings is 1. The summed E-state index contributed by atoms with van der Waals surface area (Å²) in [5.41, 5.74) is 2.49. The summed E-state index contributed by atoms with van der Waals surface area (Å²) in [6, 6.07) is 7.73. The molecule has 0 radical (unpaired) electrons. The second-order valence-corrected chi connectivity index (χ2v) is 14.7. The van der Waals surface area contributed by atoms with Crippen LogP contribution in [0.5, 0.6) is 0 Å². The summed E-state index contributed by atoms with van der Waals surface area (Å²) < 4.78 is 52.6.